The van der Waals surface area contributed by atoms with Gasteiger partial charge in [0.2, 0.25) is 0 Å². The Morgan fingerprint density at radius 3 is 2.69 bits per heavy atom. The van der Waals surface area contributed by atoms with Gasteiger partial charge in [-0.2, -0.15) is 0 Å². The van der Waals surface area contributed by atoms with Crippen molar-refractivity contribution in [3.05, 3.63) is 83.2 Å². The normalized spacial score (nSPS) is 10.9. The highest BCUT2D eigenvalue weighted by atomic mass is 32.1. The van der Waals surface area contributed by atoms with Crippen LogP contribution in [0.5, 0.6) is 5.75 Å². The highest BCUT2D eigenvalue weighted by molar-refractivity contribution is 7.22. The summed E-state index contributed by atoms with van der Waals surface area (Å²) in [6.07, 6.45) is 1.73. The minimum atomic E-state index is -0.0841. The largest absolute Gasteiger partial charge is 0.497 e. The number of benzene rings is 2. The minimum Gasteiger partial charge on any atom is -0.497 e. The maximum Gasteiger partial charge on any atom is 0.260 e. The number of hydrogen-bond acceptors (Lipinski definition) is 5. The van der Waals surface area contributed by atoms with Gasteiger partial charge in [0.15, 0.2) is 5.13 Å². The van der Waals surface area contributed by atoms with Gasteiger partial charge >= 0.3 is 0 Å². The fourth-order valence-electron chi connectivity index (χ4n) is 3.22. The van der Waals surface area contributed by atoms with Crippen molar-refractivity contribution in [1.29, 1.82) is 0 Å². The predicted octanol–water partition coefficient (Wildman–Crippen LogP) is 5.16. The molecular weight excluding hydrogens is 382 g/mol. The summed E-state index contributed by atoms with van der Waals surface area (Å²) in [5, 5.41) is 0.642. The quantitative estimate of drug-likeness (QED) is 0.462. The number of carbonyl (C=O) groups excluding carboxylic acids is 1. The van der Waals surface area contributed by atoms with E-state index in [2.05, 4.69) is 4.98 Å². The van der Waals surface area contributed by atoms with Crippen LogP contribution in [0.4, 0.5) is 5.13 Å². The number of ether oxygens (including phenoxy) is 1. The lowest BCUT2D eigenvalue weighted by Gasteiger charge is -2.20. The number of amides is 1. The summed E-state index contributed by atoms with van der Waals surface area (Å²) >= 11 is 1.49. The number of anilines is 1. The average molecular weight is 404 g/mol. The van der Waals surface area contributed by atoms with Gasteiger partial charge in [-0.25, -0.2) is 4.98 Å². The minimum absolute atomic E-state index is 0.0841. The lowest BCUT2D eigenvalue weighted by Crippen LogP contribution is -2.31. The second kappa shape index (κ2) is 8.01. The molecule has 0 saturated heterocycles. The van der Waals surface area contributed by atoms with Gasteiger partial charge in [0.25, 0.3) is 5.91 Å². The summed E-state index contributed by atoms with van der Waals surface area (Å²) in [7, 11) is 1.63. The van der Waals surface area contributed by atoms with E-state index in [4.69, 9.17) is 9.72 Å². The third kappa shape index (κ3) is 3.98. The third-order valence-corrected chi connectivity index (χ3v) is 5.78. The maximum absolute atomic E-state index is 13.5. The number of nitrogens with zero attached hydrogens (tertiary/aromatic N) is 3. The van der Waals surface area contributed by atoms with E-state index in [0.717, 1.165) is 32.8 Å². The van der Waals surface area contributed by atoms with Crippen LogP contribution < -0.4 is 9.64 Å². The fourth-order valence-corrected chi connectivity index (χ4v) is 4.16. The molecule has 4 aromatic rings. The average Bonchev–Trinajstić information content (AvgIpc) is 3.15. The molecule has 0 aliphatic carbocycles. The topological polar surface area (TPSA) is 55.3 Å². The highest BCUT2D eigenvalue weighted by Gasteiger charge is 2.23. The number of methoxy groups -OCH3 is 1. The number of rotatable bonds is 5. The SMILES string of the molecule is COc1ccc2sc(N(Cc3ccccn3)C(=O)c3ccc(C)cc3C)nc2c1. The Hall–Kier alpha value is -3.25. The van der Waals surface area contributed by atoms with Gasteiger partial charge in [-0.15, -0.1) is 0 Å². The maximum atomic E-state index is 13.5. The standard InChI is InChI=1S/C23H21N3O2S/c1-15-7-9-19(16(2)12-15)22(27)26(14-17-6-4-5-11-24-17)23-25-20-13-18(28-3)8-10-21(20)29-23/h4-13H,14H2,1-3H3. The Kier molecular flexibility index (Phi) is 5.27. The summed E-state index contributed by atoms with van der Waals surface area (Å²) in [6, 6.07) is 17.3. The van der Waals surface area contributed by atoms with E-state index in [-0.39, 0.29) is 5.91 Å². The van der Waals surface area contributed by atoms with Crippen molar-refractivity contribution < 1.29 is 9.53 Å². The lowest BCUT2D eigenvalue weighted by molar-refractivity contribution is 0.0984. The van der Waals surface area contributed by atoms with E-state index in [1.807, 2.05) is 68.4 Å². The molecule has 1 amide bonds. The zero-order chi connectivity index (χ0) is 20.4. The molecule has 0 bridgehead atoms. The van der Waals surface area contributed by atoms with E-state index in [1.54, 1.807) is 18.2 Å². The molecule has 146 valence electrons. The first-order valence-corrected chi connectivity index (χ1v) is 10.1. The second-order valence-corrected chi connectivity index (χ2v) is 7.87. The Labute approximate surface area is 173 Å². The molecule has 5 nitrogen and oxygen atoms in total. The first-order chi connectivity index (χ1) is 14.0. The van der Waals surface area contributed by atoms with E-state index in [0.29, 0.717) is 17.2 Å². The van der Waals surface area contributed by atoms with Gasteiger partial charge in [-0.3, -0.25) is 14.7 Å². The van der Waals surface area contributed by atoms with Crippen LogP contribution >= 0.6 is 11.3 Å². The smallest absolute Gasteiger partial charge is 0.260 e. The molecule has 2 heterocycles. The van der Waals surface area contributed by atoms with Crippen molar-refractivity contribution in [1.82, 2.24) is 9.97 Å². The van der Waals surface area contributed by atoms with Crippen LogP contribution in [0.25, 0.3) is 10.2 Å². The predicted molar refractivity (Wildman–Crippen MR) is 117 cm³/mol. The molecule has 6 heteroatoms. The third-order valence-electron chi connectivity index (χ3n) is 4.72. The first kappa shape index (κ1) is 19.1. The van der Waals surface area contributed by atoms with E-state index >= 15 is 0 Å². The molecule has 4 rings (SSSR count). The number of fused-ring (bicyclic) bond motifs is 1. The number of aromatic nitrogens is 2. The lowest BCUT2D eigenvalue weighted by atomic mass is 10.0. The molecule has 0 unspecified atom stereocenters. The molecular formula is C23H21N3O2S. The summed E-state index contributed by atoms with van der Waals surface area (Å²) < 4.78 is 6.31. The first-order valence-electron chi connectivity index (χ1n) is 9.29. The molecule has 2 aromatic carbocycles. The number of pyridine rings is 1. The van der Waals surface area contributed by atoms with Gasteiger partial charge in [0.1, 0.15) is 5.75 Å². The van der Waals surface area contributed by atoms with E-state index in [9.17, 15) is 4.79 Å². The van der Waals surface area contributed by atoms with E-state index in [1.165, 1.54) is 11.3 Å². The van der Waals surface area contributed by atoms with Crippen molar-refractivity contribution in [3.8, 4) is 5.75 Å². The van der Waals surface area contributed by atoms with Gasteiger partial charge in [0.05, 0.1) is 29.6 Å². The molecule has 0 saturated carbocycles. The molecule has 0 N–H and O–H groups in total. The van der Waals surface area contributed by atoms with Crippen LogP contribution in [-0.2, 0) is 6.54 Å². The molecule has 0 spiro atoms. The highest BCUT2D eigenvalue weighted by Crippen LogP contribution is 2.33. The Balaban J connectivity index is 1.78. The molecule has 0 aliphatic heterocycles. The molecule has 2 aromatic heterocycles. The molecule has 0 fully saturated rings. The number of carbonyl (C=O) groups is 1. The molecule has 0 atom stereocenters. The Bertz CT molecular complexity index is 1170. The van der Waals surface area contributed by atoms with Gasteiger partial charge < -0.3 is 4.74 Å². The van der Waals surface area contributed by atoms with Crippen LogP contribution in [0.1, 0.15) is 27.2 Å². The number of hydrogen-bond donors (Lipinski definition) is 0. The van der Waals surface area contributed by atoms with Crippen molar-refractivity contribution >= 4 is 32.6 Å². The van der Waals surface area contributed by atoms with Gasteiger partial charge in [0, 0.05) is 17.8 Å². The molecule has 0 aliphatic rings. The van der Waals surface area contributed by atoms with Crippen LogP contribution in [0, 0.1) is 13.8 Å². The van der Waals surface area contributed by atoms with Crippen molar-refractivity contribution in [2.24, 2.45) is 0 Å². The van der Waals surface area contributed by atoms with Crippen LogP contribution in [-0.4, -0.2) is 23.0 Å². The van der Waals surface area contributed by atoms with Crippen LogP contribution in [0.3, 0.4) is 0 Å². The van der Waals surface area contributed by atoms with E-state index < -0.39 is 0 Å². The second-order valence-electron chi connectivity index (χ2n) is 6.86. The van der Waals surface area contributed by atoms with Gasteiger partial charge in [-0.1, -0.05) is 35.1 Å². The zero-order valence-electron chi connectivity index (χ0n) is 16.5. The summed E-state index contributed by atoms with van der Waals surface area (Å²) in [4.78, 5) is 24.4. The van der Waals surface area contributed by atoms with Crippen molar-refractivity contribution in [2.45, 2.75) is 20.4 Å². The summed E-state index contributed by atoms with van der Waals surface area (Å²) in [6.45, 7) is 4.33. The van der Waals surface area contributed by atoms with Gasteiger partial charge in [-0.05, 0) is 49.7 Å². The Morgan fingerprint density at radius 1 is 1.10 bits per heavy atom. The summed E-state index contributed by atoms with van der Waals surface area (Å²) in [5.74, 6) is 0.658. The fraction of sp³-hybridized carbons (Fsp3) is 0.174. The van der Waals surface area contributed by atoms with Crippen molar-refractivity contribution in [2.75, 3.05) is 12.0 Å². The Morgan fingerprint density at radius 2 is 1.97 bits per heavy atom. The zero-order valence-corrected chi connectivity index (χ0v) is 17.4. The number of thiazole rings is 1. The monoisotopic (exact) mass is 403 g/mol. The summed E-state index contributed by atoms with van der Waals surface area (Å²) in [5.41, 5.74) is 4.36. The van der Waals surface area contributed by atoms with Crippen molar-refractivity contribution in [3.63, 3.8) is 0 Å². The number of aryl methyl sites for hydroxylation is 2. The molecule has 0 radical (unpaired) electrons. The van der Waals surface area contributed by atoms with Crippen LogP contribution in [0.2, 0.25) is 0 Å². The molecule has 29 heavy (non-hydrogen) atoms. The van der Waals surface area contributed by atoms with Crippen LogP contribution in [0.15, 0.2) is 60.8 Å².